The fraction of sp³-hybridized carbons (Fsp3) is 0.417. The van der Waals surface area contributed by atoms with Crippen LogP contribution in [0.5, 0.6) is 11.5 Å². The molecule has 0 saturated carbocycles. The van der Waals surface area contributed by atoms with Crippen molar-refractivity contribution in [2.45, 2.75) is 20.0 Å². The molecular formula is C12H16O4. The van der Waals surface area contributed by atoms with Crippen molar-refractivity contribution in [1.29, 1.82) is 0 Å². The van der Waals surface area contributed by atoms with E-state index in [4.69, 9.17) is 14.2 Å². The van der Waals surface area contributed by atoms with Crippen molar-refractivity contribution < 1.29 is 19.0 Å². The Morgan fingerprint density at radius 3 is 2.56 bits per heavy atom. The number of hydrogen-bond acceptors (Lipinski definition) is 4. The van der Waals surface area contributed by atoms with Crippen LogP contribution in [0.2, 0.25) is 0 Å². The monoisotopic (exact) mass is 224 g/mol. The molecule has 4 nitrogen and oxygen atoms in total. The minimum atomic E-state index is -0.313. The molecule has 0 aliphatic rings. The van der Waals surface area contributed by atoms with Gasteiger partial charge in [-0.2, -0.15) is 0 Å². The summed E-state index contributed by atoms with van der Waals surface area (Å²) in [6.07, 6.45) is -0.313. The molecule has 0 saturated heterocycles. The zero-order chi connectivity index (χ0) is 12.0. The molecule has 0 aromatic heterocycles. The molecule has 0 radical (unpaired) electrons. The lowest BCUT2D eigenvalue weighted by Crippen LogP contribution is -2.00. The molecule has 0 fully saturated rings. The zero-order valence-electron chi connectivity index (χ0n) is 9.73. The molecule has 0 N–H and O–H groups in total. The second-order valence-corrected chi connectivity index (χ2v) is 3.25. The van der Waals surface area contributed by atoms with Crippen LogP contribution in [-0.2, 0) is 9.53 Å². The van der Waals surface area contributed by atoms with Crippen molar-refractivity contribution in [2.75, 3.05) is 13.7 Å². The molecule has 1 atom stereocenters. The van der Waals surface area contributed by atoms with Gasteiger partial charge in [-0.3, -0.25) is 4.79 Å². The van der Waals surface area contributed by atoms with E-state index < -0.39 is 0 Å². The fourth-order valence-electron chi connectivity index (χ4n) is 1.36. The first kappa shape index (κ1) is 12.4. The summed E-state index contributed by atoms with van der Waals surface area (Å²) in [4.78, 5) is 10.3. The van der Waals surface area contributed by atoms with Crippen LogP contribution in [0.4, 0.5) is 0 Å². The second kappa shape index (κ2) is 6.00. The highest BCUT2D eigenvalue weighted by atomic mass is 16.5. The van der Waals surface area contributed by atoms with Gasteiger partial charge in [0.15, 0.2) is 0 Å². The molecule has 0 amide bonds. The van der Waals surface area contributed by atoms with Crippen molar-refractivity contribution in [1.82, 2.24) is 0 Å². The summed E-state index contributed by atoms with van der Waals surface area (Å²) in [5.74, 6) is 1.39. The third-order valence-corrected chi connectivity index (χ3v) is 2.18. The Morgan fingerprint density at radius 1 is 1.31 bits per heavy atom. The van der Waals surface area contributed by atoms with Crippen LogP contribution in [0.3, 0.4) is 0 Å². The van der Waals surface area contributed by atoms with Crippen molar-refractivity contribution in [3.63, 3.8) is 0 Å². The Kier molecular flexibility index (Phi) is 4.64. The summed E-state index contributed by atoms with van der Waals surface area (Å²) < 4.78 is 15.4. The Bertz CT molecular complexity index is 349. The SMILES string of the molecule is CCOc1cc(OC)cc(C(C)OC=O)c1. The van der Waals surface area contributed by atoms with Crippen LogP contribution < -0.4 is 9.47 Å². The molecular weight excluding hydrogens is 208 g/mol. The Morgan fingerprint density at radius 2 is 2.00 bits per heavy atom. The highest BCUT2D eigenvalue weighted by Crippen LogP contribution is 2.27. The summed E-state index contributed by atoms with van der Waals surface area (Å²) in [7, 11) is 1.58. The van der Waals surface area contributed by atoms with Gasteiger partial charge in [0.05, 0.1) is 13.7 Å². The van der Waals surface area contributed by atoms with E-state index in [9.17, 15) is 4.79 Å². The van der Waals surface area contributed by atoms with E-state index in [1.54, 1.807) is 20.1 Å². The lowest BCUT2D eigenvalue weighted by atomic mass is 10.1. The Labute approximate surface area is 95.1 Å². The van der Waals surface area contributed by atoms with E-state index >= 15 is 0 Å². The van der Waals surface area contributed by atoms with Crippen LogP contribution in [0.15, 0.2) is 18.2 Å². The molecule has 1 unspecified atom stereocenters. The average molecular weight is 224 g/mol. The van der Waals surface area contributed by atoms with E-state index in [0.29, 0.717) is 24.6 Å². The van der Waals surface area contributed by atoms with Crippen LogP contribution in [0.25, 0.3) is 0 Å². The van der Waals surface area contributed by atoms with Gasteiger partial charge in [0, 0.05) is 6.07 Å². The third kappa shape index (κ3) is 3.15. The number of rotatable bonds is 6. The maximum Gasteiger partial charge on any atom is 0.293 e. The van der Waals surface area contributed by atoms with Crippen LogP contribution in [-0.4, -0.2) is 20.2 Å². The first-order valence-electron chi connectivity index (χ1n) is 5.12. The molecule has 0 aliphatic heterocycles. The van der Waals surface area contributed by atoms with Gasteiger partial charge in [0.2, 0.25) is 0 Å². The lowest BCUT2D eigenvalue weighted by Gasteiger charge is -2.13. The summed E-state index contributed by atoms with van der Waals surface area (Å²) in [5.41, 5.74) is 0.843. The van der Waals surface area contributed by atoms with E-state index in [1.807, 2.05) is 19.1 Å². The number of methoxy groups -OCH3 is 1. The quantitative estimate of drug-likeness (QED) is 0.696. The van der Waals surface area contributed by atoms with Crippen molar-refractivity contribution in [3.8, 4) is 11.5 Å². The van der Waals surface area contributed by atoms with Gasteiger partial charge in [-0.05, 0) is 31.5 Å². The molecule has 0 spiro atoms. The van der Waals surface area contributed by atoms with Gasteiger partial charge in [0.25, 0.3) is 6.47 Å². The molecule has 4 heteroatoms. The number of ether oxygens (including phenoxy) is 3. The first-order valence-corrected chi connectivity index (χ1v) is 5.12. The predicted molar refractivity (Wildman–Crippen MR) is 59.7 cm³/mol. The number of hydrogen-bond donors (Lipinski definition) is 0. The fourth-order valence-corrected chi connectivity index (χ4v) is 1.36. The lowest BCUT2D eigenvalue weighted by molar-refractivity contribution is -0.133. The zero-order valence-corrected chi connectivity index (χ0v) is 9.73. The highest BCUT2D eigenvalue weighted by molar-refractivity contribution is 5.42. The first-order chi connectivity index (χ1) is 7.71. The average Bonchev–Trinajstić information content (AvgIpc) is 2.29. The van der Waals surface area contributed by atoms with Gasteiger partial charge in [0.1, 0.15) is 17.6 Å². The Balaban J connectivity index is 2.98. The van der Waals surface area contributed by atoms with Crippen molar-refractivity contribution >= 4 is 6.47 Å². The number of carbonyl (C=O) groups is 1. The van der Waals surface area contributed by atoms with Gasteiger partial charge < -0.3 is 14.2 Å². The standard InChI is InChI=1S/C12H16O4/c1-4-15-12-6-10(9(2)16-8-13)5-11(7-12)14-3/h5-9H,4H2,1-3H3. The van der Waals surface area contributed by atoms with Crippen LogP contribution in [0, 0.1) is 0 Å². The summed E-state index contributed by atoms with van der Waals surface area (Å²) in [6, 6.07) is 5.44. The van der Waals surface area contributed by atoms with E-state index in [2.05, 4.69) is 0 Å². The maximum absolute atomic E-state index is 10.3. The normalized spacial score (nSPS) is 11.7. The molecule has 0 heterocycles. The second-order valence-electron chi connectivity index (χ2n) is 3.25. The predicted octanol–water partition coefficient (Wildman–Crippen LogP) is 2.33. The molecule has 0 bridgehead atoms. The largest absolute Gasteiger partial charge is 0.497 e. The minimum absolute atomic E-state index is 0.313. The number of carbonyl (C=O) groups excluding carboxylic acids is 1. The minimum Gasteiger partial charge on any atom is -0.497 e. The van der Waals surface area contributed by atoms with Gasteiger partial charge in [-0.15, -0.1) is 0 Å². The van der Waals surface area contributed by atoms with Gasteiger partial charge >= 0.3 is 0 Å². The third-order valence-electron chi connectivity index (χ3n) is 2.18. The molecule has 0 aliphatic carbocycles. The summed E-state index contributed by atoms with van der Waals surface area (Å²) in [5, 5.41) is 0. The summed E-state index contributed by atoms with van der Waals surface area (Å²) >= 11 is 0. The van der Waals surface area contributed by atoms with E-state index in [0.717, 1.165) is 5.56 Å². The molecule has 1 rings (SSSR count). The molecule has 16 heavy (non-hydrogen) atoms. The summed E-state index contributed by atoms with van der Waals surface area (Å²) in [6.45, 7) is 4.71. The van der Waals surface area contributed by atoms with Crippen molar-refractivity contribution in [3.05, 3.63) is 23.8 Å². The highest BCUT2D eigenvalue weighted by Gasteiger charge is 2.09. The van der Waals surface area contributed by atoms with Crippen LogP contribution in [0.1, 0.15) is 25.5 Å². The van der Waals surface area contributed by atoms with E-state index in [-0.39, 0.29) is 6.10 Å². The Hall–Kier alpha value is -1.71. The molecule has 88 valence electrons. The maximum atomic E-state index is 10.3. The molecule has 1 aromatic rings. The van der Waals surface area contributed by atoms with E-state index in [1.165, 1.54) is 0 Å². The van der Waals surface area contributed by atoms with Gasteiger partial charge in [-0.25, -0.2) is 0 Å². The smallest absolute Gasteiger partial charge is 0.293 e. The van der Waals surface area contributed by atoms with Crippen molar-refractivity contribution in [2.24, 2.45) is 0 Å². The van der Waals surface area contributed by atoms with Gasteiger partial charge in [-0.1, -0.05) is 0 Å². The topological polar surface area (TPSA) is 44.8 Å². The molecule has 1 aromatic carbocycles. The van der Waals surface area contributed by atoms with Crippen LogP contribution >= 0.6 is 0 Å². The number of benzene rings is 1.